The summed E-state index contributed by atoms with van der Waals surface area (Å²) < 4.78 is 69.2. The SMILES string of the molecule is C=c1ccc2c(c1)Oc1cc(N(CC)CC)ccc1C=2c1ccc(S(=O)(=O)NCCC(=O)O)cc1S(=O)(=O)O. The van der Waals surface area contributed by atoms with E-state index in [-0.39, 0.29) is 5.56 Å². The number of anilines is 1. The molecule has 0 bridgehead atoms. The third kappa shape index (κ3) is 5.83. The van der Waals surface area contributed by atoms with Gasteiger partial charge in [0.25, 0.3) is 10.1 Å². The van der Waals surface area contributed by atoms with E-state index in [1.807, 2.05) is 26.0 Å². The van der Waals surface area contributed by atoms with Gasteiger partial charge in [-0.15, -0.1) is 0 Å². The molecule has 39 heavy (non-hydrogen) atoms. The maximum Gasteiger partial charge on any atom is 0.304 e. The van der Waals surface area contributed by atoms with Crippen LogP contribution in [0, 0.1) is 0 Å². The number of hydrogen-bond acceptors (Lipinski definition) is 7. The molecule has 0 atom stereocenters. The van der Waals surface area contributed by atoms with E-state index in [0.717, 1.165) is 24.8 Å². The molecule has 1 aliphatic rings. The van der Waals surface area contributed by atoms with Crippen molar-refractivity contribution in [3.05, 3.63) is 76.2 Å². The van der Waals surface area contributed by atoms with Crippen molar-refractivity contribution >= 4 is 44.0 Å². The number of aliphatic carboxylic acids is 1. The van der Waals surface area contributed by atoms with Gasteiger partial charge in [0, 0.05) is 53.3 Å². The molecule has 0 amide bonds. The molecule has 0 radical (unpaired) electrons. The number of nitrogens with one attached hydrogen (secondary N) is 1. The minimum Gasteiger partial charge on any atom is -0.481 e. The summed E-state index contributed by atoms with van der Waals surface area (Å²) in [6.45, 7) is 9.12. The fourth-order valence-electron chi connectivity index (χ4n) is 4.46. The van der Waals surface area contributed by atoms with Crippen molar-refractivity contribution in [3.63, 3.8) is 0 Å². The molecule has 1 aliphatic heterocycles. The highest BCUT2D eigenvalue weighted by Crippen LogP contribution is 2.40. The van der Waals surface area contributed by atoms with Gasteiger partial charge in [-0.2, -0.15) is 8.42 Å². The third-order valence-corrected chi connectivity index (χ3v) is 8.69. The number of hydrogen-bond donors (Lipinski definition) is 3. The standard InChI is InChI=1S/C27H28N2O8S2/c1-4-29(5-2)18-7-10-21-24(15-18)37-23-14-17(3)6-9-20(23)27(21)22-11-8-19(16-25(22)39(34,35)36)38(32,33)28-13-12-26(30)31/h6-11,14-16,28H,3-5,12-13H2,1-2H3,(H,30,31)(H,34,35,36). The lowest BCUT2D eigenvalue weighted by atomic mass is 9.92. The second kappa shape index (κ2) is 10.8. The molecule has 3 aromatic rings. The summed E-state index contributed by atoms with van der Waals surface area (Å²) in [4.78, 5) is 11.8. The van der Waals surface area contributed by atoms with Gasteiger partial charge in [-0.3, -0.25) is 9.35 Å². The second-order valence-corrected chi connectivity index (χ2v) is 12.0. The first kappa shape index (κ1) is 28.3. The highest BCUT2D eigenvalue weighted by Gasteiger charge is 2.28. The Morgan fingerprint density at radius 2 is 1.64 bits per heavy atom. The summed E-state index contributed by atoms with van der Waals surface area (Å²) in [5, 5.41) is 10.00. The molecule has 0 aliphatic carbocycles. The Bertz CT molecular complexity index is 1780. The van der Waals surface area contributed by atoms with Crippen LogP contribution in [0.15, 0.2) is 64.4 Å². The Hall–Kier alpha value is -3.71. The number of carbonyl (C=O) groups is 1. The largest absolute Gasteiger partial charge is 0.481 e. The molecule has 4 rings (SSSR count). The van der Waals surface area contributed by atoms with Crippen LogP contribution in [0.3, 0.4) is 0 Å². The van der Waals surface area contributed by atoms with Gasteiger partial charge in [-0.25, -0.2) is 13.1 Å². The lowest BCUT2D eigenvalue weighted by Crippen LogP contribution is -2.27. The Labute approximate surface area is 226 Å². The molecule has 12 heteroatoms. The number of fused-ring (bicyclic) bond motifs is 2. The molecule has 0 spiro atoms. The van der Waals surface area contributed by atoms with E-state index >= 15 is 0 Å². The molecule has 3 N–H and O–H groups in total. The van der Waals surface area contributed by atoms with Gasteiger partial charge >= 0.3 is 5.97 Å². The van der Waals surface area contributed by atoms with Gasteiger partial charge in [0.15, 0.2) is 0 Å². The zero-order valence-electron chi connectivity index (χ0n) is 21.3. The predicted octanol–water partition coefficient (Wildman–Crippen LogP) is 2.30. The molecule has 0 aromatic heterocycles. The van der Waals surface area contributed by atoms with E-state index < -0.39 is 48.9 Å². The zero-order chi connectivity index (χ0) is 28.5. The van der Waals surface area contributed by atoms with E-state index in [2.05, 4.69) is 16.2 Å². The quantitative estimate of drug-likeness (QED) is 0.243. The van der Waals surface area contributed by atoms with Crippen LogP contribution in [0.5, 0.6) is 11.5 Å². The van der Waals surface area contributed by atoms with Crippen LogP contribution in [0.2, 0.25) is 0 Å². The van der Waals surface area contributed by atoms with Gasteiger partial charge in [0.2, 0.25) is 10.0 Å². The summed E-state index contributed by atoms with van der Waals surface area (Å²) >= 11 is 0. The second-order valence-electron chi connectivity index (χ2n) is 8.83. The summed E-state index contributed by atoms with van der Waals surface area (Å²) in [5.41, 5.74) is 1.94. The molecule has 3 aromatic carbocycles. The highest BCUT2D eigenvalue weighted by molar-refractivity contribution is 7.89. The van der Waals surface area contributed by atoms with Crippen molar-refractivity contribution in [2.75, 3.05) is 24.5 Å². The lowest BCUT2D eigenvalue weighted by Gasteiger charge is -2.26. The fraction of sp³-hybridized carbons (Fsp3) is 0.222. The smallest absolute Gasteiger partial charge is 0.304 e. The van der Waals surface area contributed by atoms with Crippen molar-refractivity contribution in [2.45, 2.75) is 30.1 Å². The predicted molar refractivity (Wildman–Crippen MR) is 147 cm³/mol. The summed E-state index contributed by atoms with van der Waals surface area (Å²) in [5.74, 6) is -0.314. The number of ether oxygens (including phenoxy) is 1. The topological polar surface area (TPSA) is 150 Å². The average Bonchev–Trinajstić information content (AvgIpc) is 2.86. The van der Waals surface area contributed by atoms with E-state index in [0.29, 0.717) is 33.1 Å². The first-order valence-corrected chi connectivity index (χ1v) is 15.0. The number of benzene rings is 3. The molecule has 10 nitrogen and oxygen atoms in total. The Morgan fingerprint density at radius 1 is 0.949 bits per heavy atom. The van der Waals surface area contributed by atoms with Gasteiger partial charge in [0.05, 0.1) is 11.3 Å². The van der Waals surface area contributed by atoms with Crippen LogP contribution in [-0.2, 0) is 24.9 Å². The van der Waals surface area contributed by atoms with Crippen LogP contribution in [0.25, 0.3) is 12.2 Å². The van der Waals surface area contributed by atoms with E-state index in [1.165, 1.54) is 12.1 Å². The molecule has 0 saturated heterocycles. The monoisotopic (exact) mass is 572 g/mol. The summed E-state index contributed by atoms with van der Waals surface area (Å²) in [7, 11) is -9.18. The number of carboxylic acids is 1. The fourth-order valence-corrected chi connectivity index (χ4v) is 6.32. The van der Waals surface area contributed by atoms with Crippen LogP contribution in [0.1, 0.15) is 31.4 Å². The number of sulfonamides is 1. The molecule has 0 saturated carbocycles. The number of carboxylic acid groups (broad SMARTS) is 1. The average molecular weight is 573 g/mol. The first-order valence-electron chi connectivity index (χ1n) is 12.1. The highest BCUT2D eigenvalue weighted by atomic mass is 32.2. The maximum absolute atomic E-state index is 12.8. The van der Waals surface area contributed by atoms with Crippen molar-refractivity contribution in [1.82, 2.24) is 4.72 Å². The van der Waals surface area contributed by atoms with E-state index in [1.54, 1.807) is 24.3 Å². The van der Waals surface area contributed by atoms with Gasteiger partial charge in [-0.05, 0) is 49.4 Å². The Kier molecular flexibility index (Phi) is 7.84. The van der Waals surface area contributed by atoms with Crippen LogP contribution >= 0.6 is 0 Å². The lowest BCUT2D eigenvalue weighted by molar-refractivity contribution is -0.136. The van der Waals surface area contributed by atoms with Gasteiger partial charge in [0.1, 0.15) is 16.4 Å². The summed E-state index contributed by atoms with van der Waals surface area (Å²) in [6.07, 6.45) is -0.461. The molecular formula is C27H28N2O8S2. The molecule has 0 unspecified atom stereocenters. The Balaban J connectivity index is 1.97. The number of rotatable bonds is 10. The summed E-state index contributed by atoms with van der Waals surface area (Å²) in [6, 6.07) is 14.1. The van der Waals surface area contributed by atoms with Gasteiger partial charge < -0.3 is 14.7 Å². The third-order valence-electron chi connectivity index (χ3n) is 6.34. The van der Waals surface area contributed by atoms with Crippen molar-refractivity contribution < 1.29 is 36.0 Å². The van der Waals surface area contributed by atoms with E-state index in [4.69, 9.17) is 9.84 Å². The van der Waals surface area contributed by atoms with Crippen LogP contribution in [0.4, 0.5) is 5.69 Å². The molecule has 0 fully saturated rings. The Morgan fingerprint density at radius 3 is 2.28 bits per heavy atom. The normalized spacial score (nSPS) is 12.8. The molecular weight excluding hydrogens is 544 g/mol. The van der Waals surface area contributed by atoms with Crippen LogP contribution in [-0.4, -0.2) is 52.1 Å². The van der Waals surface area contributed by atoms with Crippen molar-refractivity contribution in [1.29, 1.82) is 0 Å². The zero-order valence-corrected chi connectivity index (χ0v) is 23.0. The minimum absolute atomic E-state index is 0.0696. The maximum atomic E-state index is 12.8. The van der Waals surface area contributed by atoms with Crippen molar-refractivity contribution in [2.24, 2.45) is 0 Å². The van der Waals surface area contributed by atoms with Crippen molar-refractivity contribution in [3.8, 4) is 11.5 Å². The molecule has 206 valence electrons. The van der Waals surface area contributed by atoms with Gasteiger partial charge in [-0.1, -0.05) is 24.8 Å². The van der Waals surface area contributed by atoms with Crippen LogP contribution < -0.4 is 24.8 Å². The first-order chi connectivity index (χ1) is 18.4. The molecule has 1 heterocycles. The number of nitrogens with zero attached hydrogens (tertiary/aromatic N) is 1. The van der Waals surface area contributed by atoms with E-state index in [9.17, 15) is 26.2 Å². The minimum atomic E-state index is -4.91.